The molecule has 0 radical (unpaired) electrons. The molecule has 1 atom stereocenters. The summed E-state index contributed by atoms with van der Waals surface area (Å²) < 4.78 is 40.7. The summed E-state index contributed by atoms with van der Waals surface area (Å²) in [6, 6.07) is 12.1. The molecule has 2 aliphatic heterocycles. The second-order valence-corrected chi connectivity index (χ2v) is 8.87. The number of piperidine rings is 2. The third-order valence-electron chi connectivity index (χ3n) is 6.80. The monoisotopic (exact) mass is 460 g/mol. The van der Waals surface area contributed by atoms with Gasteiger partial charge in [0.2, 0.25) is 5.91 Å². The van der Waals surface area contributed by atoms with Crippen LogP contribution in [0.1, 0.15) is 38.2 Å². The number of pyridine rings is 1. The first-order chi connectivity index (χ1) is 15.9. The number of hydrogen-bond acceptors (Lipinski definition) is 4. The van der Waals surface area contributed by atoms with Gasteiger partial charge >= 0.3 is 6.18 Å². The first-order valence-corrected chi connectivity index (χ1v) is 11.8. The number of carbonyl (C=O) groups excluding carboxylic acids is 1. The third-order valence-corrected chi connectivity index (χ3v) is 6.80. The fourth-order valence-corrected chi connectivity index (χ4v) is 5.04. The van der Waals surface area contributed by atoms with Crippen LogP contribution in [-0.2, 0) is 11.0 Å². The van der Waals surface area contributed by atoms with Crippen LogP contribution in [-0.4, -0.2) is 54.6 Å². The van der Waals surface area contributed by atoms with Crippen LogP contribution in [0, 0.1) is 5.92 Å². The highest BCUT2D eigenvalue weighted by Gasteiger charge is 2.39. The number of hydrogen-bond donors (Lipinski definition) is 0. The number of halogens is 3. The van der Waals surface area contributed by atoms with Gasteiger partial charge in [0.25, 0.3) is 0 Å². The predicted molar refractivity (Wildman–Crippen MR) is 123 cm³/mol. The Morgan fingerprint density at radius 3 is 2.45 bits per heavy atom. The van der Waals surface area contributed by atoms with Crippen molar-refractivity contribution in [3.05, 3.63) is 54.2 Å². The molecule has 0 bridgehead atoms. The molecule has 2 fully saturated rings. The number of para-hydroxylation sites is 1. The summed E-state index contributed by atoms with van der Waals surface area (Å²) in [5, 5.41) is 0. The molecule has 0 unspecified atom stereocenters. The molecule has 2 aliphatic rings. The molecule has 1 aromatic heterocycles. The SMILES string of the molecule is CCN1CCC(N(C(=O)[C@@H]2CCCN(c3ncccc3C(F)(F)F)C2)c2ccccc2)CC1. The quantitative estimate of drug-likeness (QED) is 0.641. The van der Waals surface area contributed by atoms with Gasteiger partial charge in [-0.05, 0) is 56.5 Å². The van der Waals surface area contributed by atoms with Crippen LogP contribution in [0.5, 0.6) is 0 Å². The van der Waals surface area contributed by atoms with Crippen LogP contribution in [0.15, 0.2) is 48.7 Å². The number of benzene rings is 1. The van der Waals surface area contributed by atoms with Gasteiger partial charge in [-0.3, -0.25) is 4.79 Å². The molecule has 0 N–H and O–H groups in total. The lowest BCUT2D eigenvalue weighted by atomic mass is 9.93. The second kappa shape index (κ2) is 10.1. The van der Waals surface area contributed by atoms with Crippen molar-refractivity contribution in [2.24, 2.45) is 5.92 Å². The molecule has 0 spiro atoms. The summed E-state index contributed by atoms with van der Waals surface area (Å²) in [5.74, 6) is -0.443. The van der Waals surface area contributed by atoms with Crippen LogP contribution < -0.4 is 9.80 Å². The van der Waals surface area contributed by atoms with Crippen molar-refractivity contribution in [2.45, 2.75) is 44.8 Å². The van der Waals surface area contributed by atoms with E-state index < -0.39 is 11.7 Å². The molecule has 0 saturated carbocycles. The summed E-state index contributed by atoms with van der Waals surface area (Å²) in [7, 11) is 0. The Labute approximate surface area is 193 Å². The van der Waals surface area contributed by atoms with Gasteiger partial charge < -0.3 is 14.7 Å². The Balaban J connectivity index is 1.57. The van der Waals surface area contributed by atoms with Gasteiger partial charge in [-0.25, -0.2) is 4.98 Å². The molecule has 2 saturated heterocycles. The molecule has 178 valence electrons. The Hall–Kier alpha value is -2.61. The van der Waals surface area contributed by atoms with E-state index in [9.17, 15) is 18.0 Å². The van der Waals surface area contributed by atoms with E-state index in [2.05, 4.69) is 16.8 Å². The van der Waals surface area contributed by atoms with Crippen molar-refractivity contribution in [1.29, 1.82) is 0 Å². The van der Waals surface area contributed by atoms with Gasteiger partial charge in [-0.1, -0.05) is 25.1 Å². The molecule has 0 aliphatic carbocycles. The summed E-state index contributed by atoms with van der Waals surface area (Å²) >= 11 is 0. The maximum absolute atomic E-state index is 13.9. The summed E-state index contributed by atoms with van der Waals surface area (Å²) in [6.45, 7) is 5.73. The molecule has 1 aromatic carbocycles. The number of anilines is 2. The topological polar surface area (TPSA) is 39.7 Å². The zero-order valence-corrected chi connectivity index (χ0v) is 19.0. The van der Waals surface area contributed by atoms with Crippen molar-refractivity contribution >= 4 is 17.4 Å². The summed E-state index contributed by atoms with van der Waals surface area (Å²) in [6.07, 6.45) is 0.00620. The summed E-state index contributed by atoms with van der Waals surface area (Å²) in [4.78, 5) is 23.8. The lowest BCUT2D eigenvalue weighted by molar-refractivity contribution is -0.137. The van der Waals surface area contributed by atoms with E-state index >= 15 is 0 Å². The Bertz CT molecular complexity index is 929. The van der Waals surface area contributed by atoms with Crippen LogP contribution in [0.2, 0.25) is 0 Å². The zero-order valence-electron chi connectivity index (χ0n) is 19.0. The number of nitrogens with zero attached hydrogens (tertiary/aromatic N) is 4. The fraction of sp³-hybridized carbons (Fsp3) is 0.520. The van der Waals surface area contributed by atoms with E-state index in [0.717, 1.165) is 44.2 Å². The highest BCUT2D eigenvalue weighted by Crippen LogP contribution is 2.37. The minimum Gasteiger partial charge on any atom is -0.355 e. The van der Waals surface area contributed by atoms with Gasteiger partial charge in [-0.15, -0.1) is 0 Å². The van der Waals surface area contributed by atoms with Crippen molar-refractivity contribution in [1.82, 2.24) is 9.88 Å². The molecular weight excluding hydrogens is 429 g/mol. The predicted octanol–water partition coefficient (Wildman–Crippen LogP) is 4.83. The van der Waals surface area contributed by atoms with Crippen molar-refractivity contribution < 1.29 is 18.0 Å². The normalized spacial score (nSPS) is 20.6. The van der Waals surface area contributed by atoms with Crippen LogP contribution in [0.25, 0.3) is 0 Å². The molecule has 33 heavy (non-hydrogen) atoms. The molecular formula is C25H31F3N4O. The number of carbonyl (C=O) groups is 1. The van der Waals surface area contributed by atoms with Crippen LogP contribution in [0.3, 0.4) is 0 Å². The minimum absolute atomic E-state index is 0.00494. The Morgan fingerprint density at radius 1 is 1.06 bits per heavy atom. The maximum Gasteiger partial charge on any atom is 0.419 e. The number of rotatable bonds is 5. The standard InChI is InChI=1S/C25H31F3N4O/c1-2-30-16-12-21(13-17-30)32(20-9-4-3-5-10-20)24(33)19-8-7-15-31(18-19)23-22(25(26,27)28)11-6-14-29-23/h3-6,9-11,14,19,21H,2,7-8,12-13,15-18H2,1H3/t19-/m1/s1. The first-order valence-electron chi connectivity index (χ1n) is 11.8. The average Bonchev–Trinajstić information content (AvgIpc) is 2.85. The lowest BCUT2D eigenvalue weighted by Gasteiger charge is -2.41. The fourth-order valence-electron chi connectivity index (χ4n) is 5.04. The van der Waals surface area contributed by atoms with Crippen molar-refractivity contribution in [3.63, 3.8) is 0 Å². The molecule has 8 heteroatoms. The van der Waals surface area contributed by atoms with E-state index in [4.69, 9.17) is 0 Å². The van der Waals surface area contributed by atoms with Crippen molar-refractivity contribution in [2.75, 3.05) is 42.5 Å². The summed E-state index contributed by atoms with van der Waals surface area (Å²) in [5.41, 5.74) is 0.119. The van der Waals surface area contributed by atoms with Crippen molar-refractivity contribution in [3.8, 4) is 0 Å². The molecule has 2 aromatic rings. The Morgan fingerprint density at radius 2 is 1.79 bits per heavy atom. The van der Waals surface area contributed by atoms with Gasteiger partial charge in [-0.2, -0.15) is 13.2 Å². The average molecular weight is 461 g/mol. The van der Waals surface area contributed by atoms with Crippen LogP contribution >= 0.6 is 0 Å². The molecule has 3 heterocycles. The molecule has 5 nitrogen and oxygen atoms in total. The van der Waals surface area contributed by atoms with Gasteiger partial charge in [0, 0.05) is 44.1 Å². The Kier molecular flexibility index (Phi) is 7.22. The maximum atomic E-state index is 13.9. The highest BCUT2D eigenvalue weighted by atomic mass is 19.4. The lowest BCUT2D eigenvalue weighted by Crippen LogP contribution is -2.52. The van der Waals surface area contributed by atoms with Gasteiger partial charge in [0.05, 0.1) is 11.5 Å². The highest BCUT2D eigenvalue weighted by molar-refractivity contribution is 5.96. The largest absolute Gasteiger partial charge is 0.419 e. The molecule has 4 rings (SSSR count). The zero-order chi connectivity index (χ0) is 23.4. The first kappa shape index (κ1) is 23.5. The van der Waals surface area contributed by atoms with E-state index in [1.165, 1.54) is 12.3 Å². The van der Waals surface area contributed by atoms with E-state index in [-0.39, 0.29) is 30.2 Å². The number of likely N-dealkylation sites (tertiary alicyclic amines) is 1. The third kappa shape index (κ3) is 5.32. The smallest absolute Gasteiger partial charge is 0.355 e. The van der Waals surface area contributed by atoms with E-state index in [1.807, 2.05) is 35.2 Å². The van der Waals surface area contributed by atoms with E-state index in [1.54, 1.807) is 4.90 Å². The minimum atomic E-state index is -4.48. The second-order valence-electron chi connectivity index (χ2n) is 8.87. The van der Waals surface area contributed by atoms with Crippen LogP contribution in [0.4, 0.5) is 24.7 Å². The number of aromatic nitrogens is 1. The van der Waals surface area contributed by atoms with E-state index in [0.29, 0.717) is 19.4 Å². The van der Waals surface area contributed by atoms with Gasteiger partial charge in [0.15, 0.2) is 0 Å². The molecule has 1 amide bonds. The number of alkyl halides is 3. The number of amides is 1. The van der Waals surface area contributed by atoms with Gasteiger partial charge in [0.1, 0.15) is 5.82 Å².